The van der Waals surface area contributed by atoms with Crippen LogP contribution in [0.1, 0.15) is 12.0 Å². The topological polar surface area (TPSA) is 33.1 Å². The number of aromatic nitrogens is 1. The largest absolute Gasteiger partial charge is 0.504 e. The number of pyridine rings is 1. The van der Waals surface area contributed by atoms with E-state index in [-0.39, 0.29) is 20.4 Å². The zero-order valence-electron chi connectivity index (χ0n) is 5.56. The molecule has 1 aromatic heterocycles. The molecule has 0 aliphatic carbocycles. The molecule has 1 aromatic rings. The Hall–Kier alpha value is -0.230. The minimum Gasteiger partial charge on any atom is -0.504 e. The predicted octanol–water partition coefficient (Wildman–Crippen LogP) is 3.25. The van der Waals surface area contributed by atoms with Gasteiger partial charge in [-0.05, 0) is 31.9 Å². The van der Waals surface area contributed by atoms with Crippen LogP contribution in [0.15, 0.2) is 15.3 Å². The van der Waals surface area contributed by atoms with Gasteiger partial charge in [-0.25, -0.2) is 13.8 Å². The highest BCUT2D eigenvalue weighted by molar-refractivity contribution is 9.11. The summed E-state index contributed by atoms with van der Waals surface area (Å²) in [5.74, 6) is -0.312. The molecule has 12 heavy (non-hydrogen) atoms. The normalized spacial score (nSPS) is 10.8. The lowest BCUT2D eigenvalue weighted by Gasteiger charge is -2.04. The summed E-state index contributed by atoms with van der Waals surface area (Å²) in [6, 6.07) is 0. The van der Waals surface area contributed by atoms with Crippen LogP contribution in [0.5, 0.6) is 5.75 Å². The first-order valence-corrected chi connectivity index (χ1v) is 4.43. The van der Waals surface area contributed by atoms with E-state index in [2.05, 4.69) is 36.8 Å². The minimum atomic E-state index is -2.65. The van der Waals surface area contributed by atoms with Crippen LogP contribution < -0.4 is 0 Å². The van der Waals surface area contributed by atoms with Crippen molar-refractivity contribution in [3.05, 3.63) is 20.8 Å². The molecule has 1 rings (SSSR count). The Morgan fingerprint density at radius 3 is 2.50 bits per heavy atom. The average molecular weight is 303 g/mol. The Bertz CT molecular complexity index is 306. The molecule has 1 N–H and O–H groups in total. The van der Waals surface area contributed by atoms with Crippen LogP contribution in [-0.4, -0.2) is 10.1 Å². The van der Waals surface area contributed by atoms with Crippen LogP contribution in [-0.2, 0) is 0 Å². The number of alkyl halides is 2. The third kappa shape index (κ3) is 1.74. The monoisotopic (exact) mass is 301 g/mol. The van der Waals surface area contributed by atoms with Gasteiger partial charge < -0.3 is 5.11 Å². The van der Waals surface area contributed by atoms with E-state index in [1.54, 1.807) is 0 Å². The van der Waals surface area contributed by atoms with Gasteiger partial charge >= 0.3 is 0 Å². The van der Waals surface area contributed by atoms with E-state index in [1.807, 2.05) is 0 Å². The zero-order valence-corrected chi connectivity index (χ0v) is 8.73. The fraction of sp³-hybridized carbons (Fsp3) is 0.167. The zero-order chi connectivity index (χ0) is 9.30. The number of aromatic hydroxyl groups is 1. The van der Waals surface area contributed by atoms with E-state index >= 15 is 0 Å². The maximum absolute atomic E-state index is 12.1. The SMILES string of the molecule is Oc1c(Br)ncc(C(F)F)c1Br. The predicted molar refractivity (Wildman–Crippen MR) is 46.3 cm³/mol. The summed E-state index contributed by atoms with van der Waals surface area (Å²) < 4.78 is 24.4. The molecule has 0 amide bonds. The number of rotatable bonds is 1. The lowest BCUT2D eigenvalue weighted by Crippen LogP contribution is -1.89. The summed E-state index contributed by atoms with van der Waals surface area (Å²) in [7, 11) is 0. The van der Waals surface area contributed by atoms with Gasteiger partial charge in [-0.3, -0.25) is 0 Å². The molecule has 66 valence electrons. The van der Waals surface area contributed by atoms with Gasteiger partial charge in [-0.15, -0.1) is 0 Å². The molecular formula is C6H3Br2F2NO. The number of hydrogen-bond acceptors (Lipinski definition) is 2. The molecule has 0 atom stereocenters. The van der Waals surface area contributed by atoms with Gasteiger partial charge in [0.15, 0.2) is 5.75 Å². The Morgan fingerprint density at radius 1 is 1.42 bits per heavy atom. The fourth-order valence-electron chi connectivity index (χ4n) is 0.623. The van der Waals surface area contributed by atoms with Crippen molar-refractivity contribution in [2.75, 3.05) is 0 Å². The number of nitrogens with zero attached hydrogens (tertiary/aromatic N) is 1. The van der Waals surface area contributed by atoms with Crippen LogP contribution in [0.2, 0.25) is 0 Å². The highest BCUT2D eigenvalue weighted by Gasteiger charge is 2.16. The maximum atomic E-state index is 12.1. The smallest absolute Gasteiger partial charge is 0.266 e. The van der Waals surface area contributed by atoms with E-state index in [4.69, 9.17) is 5.11 Å². The molecule has 0 aliphatic rings. The van der Waals surface area contributed by atoms with Gasteiger partial charge in [0.05, 0.1) is 10.0 Å². The molecule has 0 bridgehead atoms. The van der Waals surface area contributed by atoms with E-state index in [0.29, 0.717) is 0 Å². The van der Waals surface area contributed by atoms with E-state index < -0.39 is 6.43 Å². The summed E-state index contributed by atoms with van der Waals surface area (Å²) in [5.41, 5.74) is -0.323. The van der Waals surface area contributed by atoms with Gasteiger partial charge in [-0.1, -0.05) is 0 Å². The van der Waals surface area contributed by atoms with Gasteiger partial charge in [-0.2, -0.15) is 0 Å². The number of hydrogen-bond donors (Lipinski definition) is 1. The summed E-state index contributed by atoms with van der Waals surface area (Å²) in [6.07, 6.45) is -1.65. The van der Waals surface area contributed by atoms with Gasteiger partial charge in [0, 0.05) is 6.20 Å². The van der Waals surface area contributed by atoms with Crippen molar-refractivity contribution >= 4 is 31.9 Å². The Kier molecular flexibility index (Phi) is 3.00. The minimum absolute atomic E-state index is 0.0284. The fourth-order valence-corrected chi connectivity index (χ4v) is 1.65. The Labute approximate surface area is 83.9 Å². The van der Waals surface area contributed by atoms with Crippen molar-refractivity contribution in [1.29, 1.82) is 0 Å². The molecule has 0 saturated heterocycles. The van der Waals surface area contributed by atoms with Crippen molar-refractivity contribution in [3.8, 4) is 5.75 Å². The first-order chi connectivity index (χ1) is 5.54. The molecule has 0 radical (unpaired) electrons. The molecule has 0 fully saturated rings. The van der Waals surface area contributed by atoms with Gasteiger partial charge in [0.25, 0.3) is 6.43 Å². The third-order valence-electron chi connectivity index (χ3n) is 1.21. The Morgan fingerprint density at radius 2 is 2.00 bits per heavy atom. The first kappa shape index (κ1) is 9.85. The molecule has 6 heteroatoms. The molecule has 0 saturated carbocycles. The van der Waals surface area contributed by atoms with Crippen molar-refractivity contribution in [2.24, 2.45) is 0 Å². The molecule has 0 aromatic carbocycles. The van der Waals surface area contributed by atoms with Crippen LogP contribution in [0, 0.1) is 0 Å². The van der Waals surface area contributed by atoms with Crippen molar-refractivity contribution < 1.29 is 13.9 Å². The maximum Gasteiger partial charge on any atom is 0.266 e. The molecule has 2 nitrogen and oxygen atoms in total. The second-order valence-electron chi connectivity index (χ2n) is 1.97. The van der Waals surface area contributed by atoms with Crippen molar-refractivity contribution in [3.63, 3.8) is 0 Å². The molecule has 0 aliphatic heterocycles. The highest BCUT2D eigenvalue weighted by Crippen LogP contribution is 2.36. The van der Waals surface area contributed by atoms with Crippen LogP contribution in [0.3, 0.4) is 0 Å². The molecule has 0 spiro atoms. The summed E-state index contributed by atoms with van der Waals surface area (Å²) >= 11 is 5.72. The Balaban J connectivity index is 3.27. The second kappa shape index (κ2) is 3.66. The van der Waals surface area contributed by atoms with Crippen molar-refractivity contribution in [1.82, 2.24) is 4.98 Å². The average Bonchev–Trinajstić information content (AvgIpc) is 2.00. The van der Waals surface area contributed by atoms with Crippen LogP contribution in [0.4, 0.5) is 8.78 Å². The third-order valence-corrected chi connectivity index (χ3v) is 2.62. The first-order valence-electron chi connectivity index (χ1n) is 2.85. The van der Waals surface area contributed by atoms with Crippen LogP contribution >= 0.6 is 31.9 Å². The second-order valence-corrected chi connectivity index (χ2v) is 3.51. The lowest BCUT2D eigenvalue weighted by atomic mass is 10.3. The van der Waals surface area contributed by atoms with Crippen molar-refractivity contribution in [2.45, 2.75) is 6.43 Å². The quantitative estimate of drug-likeness (QED) is 0.808. The van der Waals surface area contributed by atoms with E-state index in [0.717, 1.165) is 6.20 Å². The molecule has 1 heterocycles. The van der Waals surface area contributed by atoms with Crippen LogP contribution in [0.25, 0.3) is 0 Å². The van der Waals surface area contributed by atoms with Gasteiger partial charge in [0.1, 0.15) is 4.60 Å². The van der Waals surface area contributed by atoms with E-state index in [9.17, 15) is 8.78 Å². The molecule has 0 unspecified atom stereocenters. The highest BCUT2D eigenvalue weighted by atomic mass is 79.9. The summed E-state index contributed by atoms with van der Waals surface area (Å²) in [5, 5.41) is 9.15. The lowest BCUT2D eigenvalue weighted by molar-refractivity contribution is 0.149. The van der Waals surface area contributed by atoms with Gasteiger partial charge in [0.2, 0.25) is 0 Å². The molecular weight excluding hydrogens is 300 g/mol. The van der Waals surface area contributed by atoms with E-state index in [1.165, 1.54) is 0 Å². The summed E-state index contributed by atoms with van der Waals surface area (Å²) in [6.45, 7) is 0. The summed E-state index contributed by atoms with van der Waals surface area (Å²) in [4.78, 5) is 3.52. The number of halogens is 4. The standard InChI is InChI=1S/C6H3Br2F2NO/c7-3-2(6(9)10)1-11-5(8)4(3)12/h1,6,12H.